The zero-order valence-electron chi connectivity index (χ0n) is 7.25. The lowest BCUT2D eigenvalue weighted by Crippen LogP contribution is -2.15. The standard InChI is InChI=1S/C7H11N3O3/c1-2-6(11)5-9-4-3-8-7(9)10(12)13/h3-4,6,11H,2,5H2,1H3/t6-/m1/s1. The van der Waals surface area contributed by atoms with Gasteiger partial charge < -0.3 is 15.2 Å². The third-order valence-corrected chi connectivity index (χ3v) is 1.74. The molecule has 13 heavy (non-hydrogen) atoms. The minimum Gasteiger partial charge on any atom is -0.390 e. The predicted octanol–water partition coefficient (Wildman–Crippen LogP) is 0.562. The third kappa shape index (κ3) is 2.25. The second kappa shape index (κ2) is 3.99. The van der Waals surface area contributed by atoms with Crippen LogP contribution in [-0.2, 0) is 6.54 Å². The monoisotopic (exact) mass is 185 g/mol. The van der Waals surface area contributed by atoms with Crippen molar-refractivity contribution in [2.45, 2.75) is 26.0 Å². The molecular formula is C7H11N3O3. The van der Waals surface area contributed by atoms with Crippen LogP contribution in [0.4, 0.5) is 5.95 Å². The van der Waals surface area contributed by atoms with Gasteiger partial charge in [0.25, 0.3) is 0 Å². The summed E-state index contributed by atoms with van der Waals surface area (Å²) in [5, 5.41) is 19.7. The van der Waals surface area contributed by atoms with Crippen molar-refractivity contribution in [3.05, 3.63) is 22.5 Å². The molecule has 1 N–H and O–H groups in total. The Kier molecular flexibility index (Phi) is 2.97. The summed E-state index contributed by atoms with van der Waals surface area (Å²) in [6, 6.07) is 0. The number of hydrogen-bond acceptors (Lipinski definition) is 4. The summed E-state index contributed by atoms with van der Waals surface area (Å²) in [5.41, 5.74) is 0. The SMILES string of the molecule is CC[C@@H](O)Cn1ccnc1[N+](=O)[O-]. The van der Waals surface area contributed by atoms with E-state index in [1.165, 1.54) is 17.0 Å². The summed E-state index contributed by atoms with van der Waals surface area (Å²) in [7, 11) is 0. The molecule has 6 heteroatoms. The Morgan fingerprint density at radius 3 is 3.08 bits per heavy atom. The molecule has 1 atom stereocenters. The molecule has 0 aromatic carbocycles. The van der Waals surface area contributed by atoms with Crippen LogP contribution in [-0.4, -0.2) is 25.7 Å². The van der Waals surface area contributed by atoms with Crippen molar-refractivity contribution in [3.8, 4) is 0 Å². The zero-order chi connectivity index (χ0) is 9.84. The van der Waals surface area contributed by atoms with Gasteiger partial charge in [0.1, 0.15) is 12.4 Å². The van der Waals surface area contributed by atoms with E-state index in [0.717, 1.165) is 0 Å². The van der Waals surface area contributed by atoms with E-state index in [9.17, 15) is 15.2 Å². The van der Waals surface area contributed by atoms with Gasteiger partial charge in [-0.1, -0.05) is 11.9 Å². The summed E-state index contributed by atoms with van der Waals surface area (Å²) in [6.07, 6.45) is 2.83. The van der Waals surface area contributed by atoms with E-state index in [1.807, 2.05) is 6.92 Å². The van der Waals surface area contributed by atoms with Gasteiger partial charge in [-0.25, -0.2) is 4.57 Å². The van der Waals surface area contributed by atoms with Crippen LogP contribution in [0.25, 0.3) is 0 Å². The summed E-state index contributed by atoms with van der Waals surface area (Å²) in [5.74, 6) is -0.229. The molecule has 0 fully saturated rings. The van der Waals surface area contributed by atoms with Gasteiger partial charge in [0, 0.05) is 0 Å². The number of nitro groups is 1. The van der Waals surface area contributed by atoms with E-state index >= 15 is 0 Å². The largest absolute Gasteiger partial charge is 0.434 e. The molecule has 1 aromatic rings. The van der Waals surface area contributed by atoms with Crippen LogP contribution < -0.4 is 0 Å². The normalized spacial score (nSPS) is 12.8. The van der Waals surface area contributed by atoms with Gasteiger partial charge in [-0.3, -0.25) is 0 Å². The van der Waals surface area contributed by atoms with Gasteiger partial charge in [-0.05, 0) is 11.3 Å². The van der Waals surface area contributed by atoms with Crippen LogP contribution in [0.15, 0.2) is 12.4 Å². The lowest BCUT2D eigenvalue weighted by Gasteiger charge is -2.05. The van der Waals surface area contributed by atoms with Crippen LogP contribution in [0, 0.1) is 10.1 Å². The van der Waals surface area contributed by atoms with Gasteiger partial charge in [-0.2, -0.15) is 0 Å². The minimum atomic E-state index is -0.567. The lowest BCUT2D eigenvalue weighted by molar-refractivity contribution is -0.397. The molecule has 0 aliphatic carbocycles. The second-order valence-electron chi connectivity index (χ2n) is 2.70. The molecule has 0 radical (unpaired) electrons. The summed E-state index contributed by atoms with van der Waals surface area (Å²) < 4.78 is 1.33. The van der Waals surface area contributed by atoms with E-state index in [-0.39, 0.29) is 12.5 Å². The maximum absolute atomic E-state index is 10.4. The molecule has 0 aliphatic heterocycles. The Hall–Kier alpha value is -1.43. The summed E-state index contributed by atoms with van der Waals surface area (Å²) in [6.45, 7) is 2.03. The van der Waals surface area contributed by atoms with E-state index in [1.54, 1.807) is 0 Å². The Morgan fingerprint density at radius 2 is 2.54 bits per heavy atom. The average Bonchev–Trinajstić information content (AvgIpc) is 2.52. The fraction of sp³-hybridized carbons (Fsp3) is 0.571. The number of imidazole rings is 1. The number of aromatic nitrogens is 2. The number of aliphatic hydroxyl groups is 1. The number of rotatable bonds is 4. The van der Waals surface area contributed by atoms with E-state index in [4.69, 9.17) is 0 Å². The van der Waals surface area contributed by atoms with Crippen molar-refractivity contribution in [2.75, 3.05) is 0 Å². The topological polar surface area (TPSA) is 81.2 Å². The van der Waals surface area contributed by atoms with E-state index < -0.39 is 11.0 Å². The molecule has 0 saturated carbocycles. The Bertz CT molecular complexity index is 297. The first kappa shape index (κ1) is 9.66. The third-order valence-electron chi connectivity index (χ3n) is 1.74. The zero-order valence-corrected chi connectivity index (χ0v) is 7.25. The highest BCUT2D eigenvalue weighted by molar-refractivity contribution is 5.06. The minimum absolute atomic E-state index is 0.215. The predicted molar refractivity (Wildman–Crippen MR) is 45.2 cm³/mol. The van der Waals surface area contributed by atoms with Crippen LogP contribution in [0.5, 0.6) is 0 Å². The van der Waals surface area contributed by atoms with Gasteiger partial charge in [0.15, 0.2) is 0 Å². The molecule has 0 saturated heterocycles. The highest BCUT2D eigenvalue weighted by atomic mass is 16.6. The number of aliphatic hydroxyl groups excluding tert-OH is 1. The van der Waals surface area contributed by atoms with Gasteiger partial charge >= 0.3 is 5.95 Å². The maximum atomic E-state index is 10.4. The van der Waals surface area contributed by atoms with Crippen LogP contribution >= 0.6 is 0 Å². The van der Waals surface area contributed by atoms with Crippen molar-refractivity contribution in [1.29, 1.82) is 0 Å². The lowest BCUT2D eigenvalue weighted by atomic mass is 10.3. The molecule has 1 aromatic heterocycles. The highest BCUT2D eigenvalue weighted by Gasteiger charge is 2.15. The van der Waals surface area contributed by atoms with Gasteiger partial charge in [0.2, 0.25) is 0 Å². The quantitative estimate of drug-likeness (QED) is 0.549. The second-order valence-corrected chi connectivity index (χ2v) is 2.70. The van der Waals surface area contributed by atoms with Crippen molar-refractivity contribution >= 4 is 5.95 Å². The molecule has 0 bridgehead atoms. The molecule has 72 valence electrons. The highest BCUT2D eigenvalue weighted by Crippen LogP contribution is 2.08. The first-order valence-corrected chi connectivity index (χ1v) is 3.98. The van der Waals surface area contributed by atoms with Crippen molar-refractivity contribution < 1.29 is 10.0 Å². The first-order chi connectivity index (χ1) is 6.15. The molecular weight excluding hydrogens is 174 g/mol. The molecule has 0 unspecified atom stereocenters. The molecule has 1 rings (SSSR count). The Labute approximate surface area is 75.0 Å². The summed E-state index contributed by atoms with van der Waals surface area (Å²) in [4.78, 5) is 13.4. The first-order valence-electron chi connectivity index (χ1n) is 3.98. The van der Waals surface area contributed by atoms with E-state index in [0.29, 0.717) is 6.42 Å². The van der Waals surface area contributed by atoms with Crippen LogP contribution in [0.1, 0.15) is 13.3 Å². The molecule has 1 heterocycles. The maximum Gasteiger partial charge on any atom is 0.434 e. The van der Waals surface area contributed by atoms with Crippen LogP contribution in [0.3, 0.4) is 0 Å². The molecule has 6 nitrogen and oxygen atoms in total. The number of nitrogens with zero attached hydrogens (tertiary/aromatic N) is 3. The van der Waals surface area contributed by atoms with E-state index in [2.05, 4.69) is 4.98 Å². The fourth-order valence-electron chi connectivity index (χ4n) is 0.972. The van der Waals surface area contributed by atoms with Crippen molar-refractivity contribution in [3.63, 3.8) is 0 Å². The Morgan fingerprint density at radius 1 is 1.85 bits per heavy atom. The van der Waals surface area contributed by atoms with Crippen molar-refractivity contribution in [2.24, 2.45) is 0 Å². The van der Waals surface area contributed by atoms with Crippen molar-refractivity contribution in [1.82, 2.24) is 9.55 Å². The fourth-order valence-corrected chi connectivity index (χ4v) is 0.972. The molecule has 0 amide bonds. The van der Waals surface area contributed by atoms with Gasteiger partial charge in [-0.15, -0.1) is 0 Å². The molecule has 0 aliphatic rings. The molecule has 0 spiro atoms. The number of hydrogen-bond donors (Lipinski definition) is 1. The summed E-state index contributed by atoms with van der Waals surface area (Å²) >= 11 is 0. The average molecular weight is 185 g/mol. The van der Waals surface area contributed by atoms with Crippen LogP contribution in [0.2, 0.25) is 0 Å². The Balaban J connectivity index is 2.76. The van der Waals surface area contributed by atoms with Gasteiger partial charge in [0.05, 0.1) is 12.6 Å². The smallest absolute Gasteiger partial charge is 0.390 e.